The lowest BCUT2D eigenvalue weighted by Crippen LogP contribution is -2.48. The Hall–Kier alpha value is -0.770. The zero-order valence-corrected chi connectivity index (χ0v) is 13.2. The molecule has 19 heavy (non-hydrogen) atoms. The third-order valence-corrected chi connectivity index (χ3v) is 3.48. The van der Waals surface area contributed by atoms with E-state index in [0.717, 1.165) is 5.92 Å². The average Bonchev–Trinajstić information content (AvgIpc) is 3.04. The van der Waals surface area contributed by atoms with Crippen LogP contribution < -0.4 is 10.6 Å². The monoisotopic (exact) mass is 270 g/mol. The molecule has 2 unspecified atom stereocenters. The van der Waals surface area contributed by atoms with E-state index in [1.807, 2.05) is 20.8 Å². The first-order valence-electron chi connectivity index (χ1n) is 7.42. The molecule has 0 bridgehead atoms. The van der Waals surface area contributed by atoms with Gasteiger partial charge in [0.15, 0.2) is 0 Å². The van der Waals surface area contributed by atoms with Gasteiger partial charge in [0.2, 0.25) is 0 Å². The molecule has 0 spiro atoms. The summed E-state index contributed by atoms with van der Waals surface area (Å²) in [6.45, 7) is 12.8. The van der Waals surface area contributed by atoms with Gasteiger partial charge >= 0.3 is 6.09 Å². The summed E-state index contributed by atoms with van der Waals surface area (Å²) in [6.07, 6.45) is 2.33. The second-order valence-electron chi connectivity index (χ2n) is 7.03. The van der Waals surface area contributed by atoms with Gasteiger partial charge in [-0.3, -0.25) is 0 Å². The predicted molar refractivity (Wildman–Crippen MR) is 78.2 cm³/mol. The van der Waals surface area contributed by atoms with Crippen LogP contribution in [0.2, 0.25) is 0 Å². The fourth-order valence-electron chi connectivity index (χ4n) is 2.06. The van der Waals surface area contributed by atoms with Crippen LogP contribution in [-0.4, -0.2) is 30.3 Å². The molecule has 0 radical (unpaired) electrons. The maximum absolute atomic E-state index is 11.7. The van der Waals surface area contributed by atoms with Gasteiger partial charge in [0.25, 0.3) is 0 Å². The summed E-state index contributed by atoms with van der Waals surface area (Å²) >= 11 is 0. The summed E-state index contributed by atoms with van der Waals surface area (Å²) in [4.78, 5) is 11.7. The van der Waals surface area contributed by atoms with Gasteiger partial charge in [-0.2, -0.15) is 0 Å². The first-order chi connectivity index (χ1) is 8.69. The Kier molecular flexibility index (Phi) is 5.65. The molecule has 1 aliphatic rings. The molecule has 0 aromatic rings. The van der Waals surface area contributed by atoms with Gasteiger partial charge in [-0.1, -0.05) is 13.8 Å². The first kappa shape index (κ1) is 16.3. The Labute approximate surface area is 117 Å². The first-order valence-corrected chi connectivity index (χ1v) is 7.42. The Bertz CT molecular complexity index is 293. The Morgan fingerprint density at radius 1 is 1.26 bits per heavy atom. The van der Waals surface area contributed by atoms with Crippen molar-refractivity contribution in [3.05, 3.63) is 0 Å². The van der Waals surface area contributed by atoms with Crippen LogP contribution >= 0.6 is 0 Å². The number of nitrogens with one attached hydrogen (secondary N) is 2. The van der Waals surface area contributed by atoms with Crippen molar-refractivity contribution in [1.29, 1.82) is 0 Å². The fraction of sp³-hybridized carbons (Fsp3) is 0.933. The molecule has 0 aromatic carbocycles. The molecule has 2 atom stereocenters. The van der Waals surface area contributed by atoms with Gasteiger partial charge in [-0.15, -0.1) is 0 Å². The second-order valence-corrected chi connectivity index (χ2v) is 7.03. The Morgan fingerprint density at radius 3 is 2.26 bits per heavy atom. The molecule has 0 aliphatic heterocycles. The maximum Gasteiger partial charge on any atom is 0.407 e. The zero-order valence-electron chi connectivity index (χ0n) is 13.2. The van der Waals surface area contributed by atoms with Gasteiger partial charge in [0, 0.05) is 18.6 Å². The maximum atomic E-state index is 11.7. The van der Waals surface area contributed by atoms with Crippen molar-refractivity contribution in [2.24, 2.45) is 11.8 Å². The molecule has 0 aromatic heterocycles. The van der Waals surface area contributed by atoms with Gasteiger partial charge < -0.3 is 15.4 Å². The molecular weight excluding hydrogens is 240 g/mol. The van der Waals surface area contributed by atoms with E-state index < -0.39 is 5.60 Å². The molecule has 2 N–H and O–H groups in total. The van der Waals surface area contributed by atoms with Crippen LogP contribution in [0, 0.1) is 11.8 Å². The second kappa shape index (κ2) is 6.60. The summed E-state index contributed by atoms with van der Waals surface area (Å²) in [6, 6.07) is 0.830. The lowest BCUT2D eigenvalue weighted by atomic mass is 10.0. The van der Waals surface area contributed by atoms with Crippen LogP contribution in [0.5, 0.6) is 0 Å². The Morgan fingerprint density at radius 2 is 1.84 bits per heavy atom. The standard InChI is InChI=1S/C15H30N2O2/c1-10(2)13(17-11(3)12-7-8-12)9-16-14(18)19-15(4,5)6/h10-13,17H,7-9H2,1-6H3,(H,16,18). The highest BCUT2D eigenvalue weighted by atomic mass is 16.6. The van der Waals surface area contributed by atoms with Gasteiger partial charge in [-0.25, -0.2) is 4.79 Å². The van der Waals surface area contributed by atoms with E-state index in [1.54, 1.807) is 0 Å². The molecule has 4 heteroatoms. The molecule has 1 amide bonds. The van der Waals surface area contributed by atoms with Gasteiger partial charge in [-0.05, 0) is 52.4 Å². The van der Waals surface area contributed by atoms with Crippen LogP contribution in [0.3, 0.4) is 0 Å². The number of hydrogen-bond acceptors (Lipinski definition) is 3. The fourth-order valence-corrected chi connectivity index (χ4v) is 2.06. The molecular formula is C15H30N2O2. The van der Waals surface area contributed by atoms with E-state index in [2.05, 4.69) is 31.4 Å². The molecule has 1 saturated carbocycles. The normalized spacial score (nSPS) is 19.1. The van der Waals surface area contributed by atoms with Crippen LogP contribution in [0.15, 0.2) is 0 Å². The quantitative estimate of drug-likeness (QED) is 0.780. The van der Waals surface area contributed by atoms with E-state index in [1.165, 1.54) is 12.8 Å². The van der Waals surface area contributed by atoms with E-state index in [0.29, 0.717) is 24.5 Å². The topological polar surface area (TPSA) is 50.4 Å². The van der Waals surface area contributed by atoms with Crippen molar-refractivity contribution in [2.75, 3.05) is 6.54 Å². The molecule has 4 nitrogen and oxygen atoms in total. The van der Waals surface area contributed by atoms with E-state index in [-0.39, 0.29) is 6.09 Å². The number of alkyl carbamates (subject to hydrolysis) is 1. The van der Waals surface area contributed by atoms with Crippen molar-refractivity contribution in [2.45, 2.75) is 72.1 Å². The summed E-state index contributed by atoms with van der Waals surface area (Å²) in [7, 11) is 0. The lowest BCUT2D eigenvalue weighted by Gasteiger charge is -2.27. The van der Waals surface area contributed by atoms with Crippen LogP contribution in [0.4, 0.5) is 4.79 Å². The molecule has 112 valence electrons. The summed E-state index contributed by atoms with van der Waals surface area (Å²) < 4.78 is 5.25. The number of carbonyl (C=O) groups excluding carboxylic acids is 1. The Balaban J connectivity index is 2.34. The highest BCUT2D eigenvalue weighted by molar-refractivity contribution is 5.67. The number of carbonyl (C=O) groups is 1. The number of amides is 1. The van der Waals surface area contributed by atoms with Crippen LogP contribution in [-0.2, 0) is 4.74 Å². The van der Waals surface area contributed by atoms with Crippen molar-refractivity contribution in [1.82, 2.24) is 10.6 Å². The number of rotatable bonds is 6. The van der Waals surface area contributed by atoms with Crippen molar-refractivity contribution >= 4 is 6.09 Å². The van der Waals surface area contributed by atoms with Crippen molar-refractivity contribution in [3.63, 3.8) is 0 Å². The third kappa shape index (κ3) is 6.81. The van der Waals surface area contributed by atoms with Gasteiger partial charge in [0.1, 0.15) is 5.60 Å². The molecule has 1 rings (SSSR count). The van der Waals surface area contributed by atoms with E-state index in [4.69, 9.17) is 4.74 Å². The lowest BCUT2D eigenvalue weighted by molar-refractivity contribution is 0.0518. The SMILES string of the molecule is CC(C)C(CNC(=O)OC(C)(C)C)NC(C)C1CC1. The van der Waals surface area contributed by atoms with Crippen LogP contribution in [0.1, 0.15) is 54.4 Å². The van der Waals surface area contributed by atoms with E-state index in [9.17, 15) is 4.79 Å². The number of hydrogen-bond donors (Lipinski definition) is 2. The smallest absolute Gasteiger partial charge is 0.407 e. The minimum Gasteiger partial charge on any atom is -0.444 e. The minimum atomic E-state index is -0.438. The summed E-state index contributed by atoms with van der Waals surface area (Å²) in [5, 5.41) is 6.49. The highest BCUT2D eigenvalue weighted by Gasteiger charge is 2.30. The van der Waals surface area contributed by atoms with Gasteiger partial charge in [0.05, 0.1) is 0 Å². The summed E-state index contributed by atoms with van der Waals surface area (Å²) in [5.74, 6) is 1.30. The highest BCUT2D eigenvalue weighted by Crippen LogP contribution is 2.32. The molecule has 1 aliphatic carbocycles. The summed E-state index contributed by atoms with van der Waals surface area (Å²) in [5.41, 5.74) is -0.438. The van der Waals surface area contributed by atoms with E-state index >= 15 is 0 Å². The minimum absolute atomic E-state index is 0.295. The zero-order chi connectivity index (χ0) is 14.6. The third-order valence-electron chi connectivity index (χ3n) is 3.48. The number of ether oxygens (including phenoxy) is 1. The van der Waals surface area contributed by atoms with Crippen molar-refractivity contribution < 1.29 is 9.53 Å². The average molecular weight is 270 g/mol. The van der Waals surface area contributed by atoms with Crippen LogP contribution in [0.25, 0.3) is 0 Å². The largest absolute Gasteiger partial charge is 0.444 e. The molecule has 0 saturated heterocycles. The molecule has 0 heterocycles. The predicted octanol–water partition coefficient (Wildman–Crippen LogP) is 2.92. The molecule has 1 fully saturated rings. The van der Waals surface area contributed by atoms with Crippen molar-refractivity contribution in [3.8, 4) is 0 Å².